The third-order valence-corrected chi connectivity index (χ3v) is 7.52. The predicted molar refractivity (Wildman–Crippen MR) is 142 cm³/mol. The Morgan fingerprint density at radius 1 is 1.05 bits per heavy atom. The number of hydrogen-bond acceptors (Lipinski definition) is 6. The second-order valence-corrected chi connectivity index (χ2v) is 10.7. The van der Waals surface area contributed by atoms with Crippen molar-refractivity contribution >= 4 is 33.2 Å². The predicted octanol–water partition coefficient (Wildman–Crippen LogP) is 2.68. The van der Waals surface area contributed by atoms with Crippen molar-refractivity contribution in [1.82, 2.24) is 5.43 Å². The minimum Gasteiger partial charge on any atom is -0.366 e. The van der Waals surface area contributed by atoms with Crippen LogP contribution in [0.1, 0.15) is 29.3 Å². The maximum absolute atomic E-state index is 13.1. The summed E-state index contributed by atoms with van der Waals surface area (Å²) < 4.78 is 24.2. The minimum absolute atomic E-state index is 0.00326. The molecule has 2 aliphatic rings. The smallest absolute Gasteiger partial charge is 0.248 e. The number of nitrogens with two attached hydrogens (primary N) is 2. The van der Waals surface area contributed by atoms with Gasteiger partial charge in [0, 0.05) is 29.3 Å². The van der Waals surface area contributed by atoms with E-state index >= 15 is 0 Å². The van der Waals surface area contributed by atoms with Crippen molar-refractivity contribution in [1.29, 1.82) is 0 Å². The lowest BCUT2D eigenvalue weighted by Gasteiger charge is -2.33. The van der Waals surface area contributed by atoms with Crippen LogP contribution in [0.15, 0.2) is 83.4 Å². The molecular weight excluding hydrogens is 490 g/mol. The summed E-state index contributed by atoms with van der Waals surface area (Å²) in [5, 5.41) is 7.31. The molecule has 5 N–H and O–H groups in total. The lowest BCUT2D eigenvalue weighted by molar-refractivity contribution is -0.118. The van der Waals surface area contributed by atoms with Gasteiger partial charge in [0.2, 0.25) is 21.8 Å². The molecule has 0 aromatic heterocycles. The summed E-state index contributed by atoms with van der Waals surface area (Å²) in [5.41, 5.74) is 13.8. The Hall–Kier alpha value is -3.99. The molecular formula is C27H27N5O4S. The van der Waals surface area contributed by atoms with E-state index in [0.717, 1.165) is 28.2 Å². The average molecular weight is 518 g/mol. The fourth-order valence-corrected chi connectivity index (χ4v) is 5.63. The van der Waals surface area contributed by atoms with Crippen molar-refractivity contribution in [2.75, 3.05) is 16.5 Å². The summed E-state index contributed by atoms with van der Waals surface area (Å²) in [6, 6.07) is 19.2. The molecule has 190 valence electrons. The summed E-state index contributed by atoms with van der Waals surface area (Å²) in [6.45, 7) is 2.32. The highest BCUT2D eigenvalue weighted by Gasteiger charge is 2.30. The molecule has 5 rings (SSSR count). The first-order valence-corrected chi connectivity index (χ1v) is 13.4. The van der Waals surface area contributed by atoms with Crippen LogP contribution in [0, 0.1) is 0 Å². The fourth-order valence-electron chi connectivity index (χ4n) is 4.87. The lowest BCUT2D eigenvalue weighted by Crippen LogP contribution is -2.42. The van der Waals surface area contributed by atoms with Crippen LogP contribution in [0.25, 0.3) is 11.1 Å². The number of aryl methyl sites for hydroxylation is 1. The van der Waals surface area contributed by atoms with Gasteiger partial charge in [-0.1, -0.05) is 30.3 Å². The highest BCUT2D eigenvalue weighted by Crippen LogP contribution is 2.35. The van der Waals surface area contributed by atoms with Crippen LogP contribution in [0.5, 0.6) is 0 Å². The normalized spacial score (nSPS) is 17.5. The van der Waals surface area contributed by atoms with Crippen molar-refractivity contribution in [2.24, 2.45) is 10.9 Å². The summed E-state index contributed by atoms with van der Waals surface area (Å²) in [5.74, 6) is -0.518. The molecule has 0 saturated carbocycles. The van der Waals surface area contributed by atoms with Gasteiger partial charge in [-0.15, -0.1) is 0 Å². The molecule has 2 aliphatic heterocycles. The van der Waals surface area contributed by atoms with Crippen LogP contribution in [-0.2, 0) is 21.2 Å². The van der Waals surface area contributed by atoms with Gasteiger partial charge in [0.1, 0.15) is 0 Å². The number of primary amides is 1. The number of rotatable bonds is 6. The maximum atomic E-state index is 13.1. The number of nitrogens with zero attached hydrogens (tertiary/aromatic N) is 2. The van der Waals surface area contributed by atoms with Crippen LogP contribution in [0.3, 0.4) is 0 Å². The van der Waals surface area contributed by atoms with E-state index in [-0.39, 0.29) is 16.8 Å². The number of primary sulfonamides is 1. The second kappa shape index (κ2) is 9.47. The van der Waals surface area contributed by atoms with E-state index in [1.807, 2.05) is 42.3 Å². The molecule has 0 fully saturated rings. The van der Waals surface area contributed by atoms with Crippen LogP contribution in [0.4, 0.5) is 11.4 Å². The zero-order chi connectivity index (χ0) is 26.3. The first kappa shape index (κ1) is 24.7. The molecule has 1 unspecified atom stereocenters. The van der Waals surface area contributed by atoms with Crippen LogP contribution >= 0.6 is 0 Å². The largest absolute Gasteiger partial charge is 0.366 e. The molecule has 0 bridgehead atoms. The number of benzene rings is 3. The first-order valence-electron chi connectivity index (χ1n) is 11.8. The minimum atomic E-state index is -3.90. The maximum Gasteiger partial charge on any atom is 0.248 e. The van der Waals surface area contributed by atoms with Crippen molar-refractivity contribution in [2.45, 2.75) is 30.7 Å². The van der Waals surface area contributed by atoms with E-state index in [4.69, 9.17) is 10.9 Å². The summed E-state index contributed by atoms with van der Waals surface area (Å²) in [4.78, 5) is 26.5. The highest BCUT2D eigenvalue weighted by molar-refractivity contribution is 7.89. The van der Waals surface area contributed by atoms with Gasteiger partial charge in [0.05, 0.1) is 22.8 Å². The van der Waals surface area contributed by atoms with Crippen LogP contribution < -0.4 is 26.2 Å². The molecule has 2 heterocycles. The van der Waals surface area contributed by atoms with E-state index in [9.17, 15) is 18.0 Å². The van der Waals surface area contributed by atoms with Gasteiger partial charge in [-0.3, -0.25) is 14.6 Å². The van der Waals surface area contributed by atoms with Crippen molar-refractivity contribution < 1.29 is 18.0 Å². The third kappa shape index (κ3) is 4.86. The van der Waals surface area contributed by atoms with Crippen LogP contribution in [-0.4, -0.2) is 32.8 Å². The topological polar surface area (TPSA) is 139 Å². The average Bonchev–Trinajstić information content (AvgIpc) is 3.25. The number of hydrogen-bond donors (Lipinski definition) is 3. The van der Waals surface area contributed by atoms with Gasteiger partial charge in [-0.05, 0) is 66.9 Å². The monoisotopic (exact) mass is 517 g/mol. The van der Waals surface area contributed by atoms with E-state index in [0.29, 0.717) is 30.5 Å². The summed E-state index contributed by atoms with van der Waals surface area (Å²) in [6.07, 6.45) is 2.92. The fraction of sp³-hybridized carbons (Fsp3) is 0.185. The first-order chi connectivity index (χ1) is 17.6. The highest BCUT2D eigenvalue weighted by atomic mass is 32.2. The Morgan fingerprint density at radius 3 is 2.59 bits per heavy atom. The number of nitrogens with one attached hydrogen (secondary N) is 1. The number of carbonyl (C=O) groups is 2. The molecule has 1 atom stereocenters. The molecule has 37 heavy (non-hydrogen) atoms. The van der Waals surface area contributed by atoms with Gasteiger partial charge < -0.3 is 10.6 Å². The third-order valence-electron chi connectivity index (χ3n) is 6.56. The van der Waals surface area contributed by atoms with Crippen molar-refractivity contribution in [3.05, 3.63) is 89.6 Å². The van der Waals surface area contributed by atoms with E-state index < -0.39 is 15.9 Å². The Balaban J connectivity index is 1.48. The Bertz CT molecular complexity index is 1550. The standard InChI is InChI=1S/C27H27N5O4S/c1-17-13-22(32(30-17)21-6-4-5-20(15-21)27(28)34)16-31-24-11-9-18(14-19(24)10-12-26(31)33)23-7-2-3-8-25(23)37(29,35)36/h2-9,11,13-15,17,30H,10,12,16H2,1H3,(H2,28,34)(H2,29,35,36). The molecule has 3 aromatic rings. The number of anilines is 2. The number of sulfonamides is 1. The number of carbonyl (C=O) groups excluding carboxylic acids is 2. The zero-order valence-corrected chi connectivity index (χ0v) is 21.0. The molecule has 9 nitrogen and oxygen atoms in total. The van der Waals surface area contributed by atoms with Gasteiger partial charge in [-0.2, -0.15) is 0 Å². The van der Waals surface area contributed by atoms with E-state index in [1.165, 1.54) is 6.07 Å². The SMILES string of the molecule is CC1C=C(CN2C(=O)CCc3cc(-c4ccccc4S(N)(=O)=O)ccc32)N(c2cccc(C(N)=O)c2)N1. The van der Waals surface area contributed by atoms with E-state index in [2.05, 4.69) is 5.43 Å². The lowest BCUT2D eigenvalue weighted by atomic mass is 9.95. The molecule has 0 radical (unpaired) electrons. The molecule has 0 aliphatic carbocycles. The van der Waals surface area contributed by atoms with Gasteiger partial charge >= 0.3 is 0 Å². The summed E-state index contributed by atoms with van der Waals surface area (Å²) in [7, 11) is -3.90. The number of hydrazine groups is 1. The zero-order valence-electron chi connectivity index (χ0n) is 20.2. The van der Waals surface area contributed by atoms with E-state index in [1.54, 1.807) is 41.3 Å². The van der Waals surface area contributed by atoms with Crippen LogP contribution in [0.2, 0.25) is 0 Å². The Kier molecular flexibility index (Phi) is 6.32. The van der Waals surface area contributed by atoms with Crippen molar-refractivity contribution in [3.63, 3.8) is 0 Å². The number of amides is 2. The number of fused-ring (bicyclic) bond motifs is 1. The Morgan fingerprint density at radius 2 is 1.84 bits per heavy atom. The molecule has 2 amide bonds. The Labute approximate surface area is 215 Å². The second-order valence-electron chi connectivity index (χ2n) is 9.19. The molecule has 3 aromatic carbocycles. The van der Waals surface area contributed by atoms with Gasteiger partial charge in [0.25, 0.3) is 0 Å². The quantitative estimate of drug-likeness (QED) is 0.460. The summed E-state index contributed by atoms with van der Waals surface area (Å²) >= 11 is 0. The van der Waals surface area contributed by atoms with Gasteiger partial charge in [-0.25, -0.2) is 19.0 Å². The van der Waals surface area contributed by atoms with Gasteiger partial charge in [0.15, 0.2) is 0 Å². The molecule has 0 saturated heterocycles. The molecule has 0 spiro atoms. The molecule has 10 heteroatoms. The van der Waals surface area contributed by atoms with Crippen molar-refractivity contribution in [3.8, 4) is 11.1 Å².